The standard InChI is InChI=1S/C14H15N3OS.ClH/c15-10-6-7-11-12(8-10)19-14(16-11)17-13(18)9-4-2-1-3-5-9;/h1-5,10H,6-8,15H2,(H,16,17,18);1H/t10-;/m0./s1. The molecule has 1 aromatic heterocycles. The van der Waals surface area contributed by atoms with Crippen molar-refractivity contribution in [3.63, 3.8) is 0 Å². The highest BCUT2D eigenvalue weighted by molar-refractivity contribution is 7.15. The van der Waals surface area contributed by atoms with Gasteiger partial charge in [-0.1, -0.05) is 18.2 Å². The average Bonchev–Trinajstić information content (AvgIpc) is 2.81. The van der Waals surface area contributed by atoms with E-state index in [4.69, 9.17) is 5.73 Å². The summed E-state index contributed by atoms with van der Waals surface area (Å²) < 4.78 is 0. The number of nitrogens with zero attached hydrogens (tertiary/aromatic N) is 1. The molecule has 0 saturated carbocycles. The smallest absolute Gasteiger partial charge is 0.257 e. The topological polar surface area (TPSA) is 68.0 Å². The predicted molar refractivity (Wildman–Crippen MR) is 83.8 cm³/mol. The molecule has 3 N–H and O–H groups in total. The van der Waals surface area contributed by atoms with Crippen LogP contribution in [0, 0.1) is 0 Å². The Morgan fingerprint density at radius 3 is 2.85 bits per heavy atom. The molecule has 4 nitrogen and oxygen atoms in total. The second-order valence-electron chi connectivity index (χ2n) is 4.71. The summed E-state index contributed by atoms with van der Waals surface area (Å²) in [5.74, 6) is -0.115. The summed E-state index contributed by atoms with van der Waals surface area (Å²) >= 11 is 1.54. The molecule has 0 unspecified atom stereocenters. The summed E-state index contributed by atoms with van der Waals surface area (Å²) in [5.41, 5.74) is 7.68. The third-order valence-electron chi connectivity index (χ3n) is 3.23. The molecule has 1 heterocycles. The Balaban J connectivity index is 0.00000147. The third kappa shape index (κ3) is 3.17. The number of nitrogens with two attached hydrogens (primary N) is 1. The number of hydrogen-bond donors (Lipinski definition) is 2. The molecule has 1 amide bonds. The maximum Gasteiger partial charge on any atom is 0.257 e. The second-order valence-corrected chi connectivity index (χ2v) is 5.80. The molecule has 3 rings (SSSR count). The van der Waals surface area contributed by atoms with Crippen molar-refractivity contribution in [1.29, 1.82) is 0 Å². The zero-order valence-electron chi connectivity index (χ0n) is 10.8. The van der Waals surface area contributed by atoms with Crippen molar-refractivity contribution in [2.45, 2.75) is 25.3 Å². The highest BCUT2D eigenvalue weighted by atomic mass is 35.5. The van der Waals surface area contributed by atoms with E-state index in [0.717, 1.165) is 25.0 Å². The van der Waals surface area contributed by atoms with Gasteiger partial charge in [0.05, 0.1) is 5.69 Å². The van der Waals surface area contributed by atoms with Crippen LogP contribution in [0.2, 0.25) is 0 Å². The Kier molecular flexibility index (Phi) is 4.75. The van der Waals surface area contributed by atoms with Gasteiger partial charge in [-0.15, -0.1) is 23.7 Å². The van der Waals surface area contributed by atoms with Crippen LogP contribution in [-0.4, -0.2) is 16.9 Å². The average molecular weight is 310 g/mol. The van der Waals surface area contributed by atoms with Gasteiger partial charge in [0.25, 0.3) is 5.91 Å². The first-order valence-electron chi connectivity index (χ1n) is 6.33. The normalized spacial score (nSPS) is 16.9. The van der Waals surface area contributed by atoms with Crippen LogP contribution in [0.4, 0.5) is 5.13 Å². The van der Waals surface area contributed by atoms with E-state index in [1.807, 2.05) is 18.2 Å². The number of nitrogens with one attached hydrogen (secondary N) is 1. The molecule has 106 valence electrons. The summed E-state index contributed by atoms with van der Waals surface area (Å²) in [5, 5.41) is 3.53. The van der Waals surface area contributed by atoms with E-state index in [2.05, 4.69) is 10.3 Å². The second kappa shape index (κ2) is 6.35. The number of carbonyl (C=O) groups is 1. The van der Waals surface area contributed by atoms with Crippen LogP contribution in [0.25, 0.3) is 0 Å². The van der Waals surface area contributed by atoms with Gasteiger partial charge >= 0.3 is 0 Å². The van der Waals surface area contributed by atoms with Crippen LogP contribution in [0.5, 0.6) is 0 Å². The van der Waals surface area contributed by atoms with Gasteiger partial charge in [0.15, 0.2) is 5.13 Å². The number of aryl methyl sites for hydroxylation is 1. The number of thiazole rings is 1. The first-order chi connectivity index (χ1) is 9.22. The van der Waals surface area contributed by atoms with E-state index < -0.39 is 0 Å². The lowest BCUT2D eigenvalue weighted by molar-refractivity contribution is 0.102. The Hall–Kier alpha value is -1.43. The van der Waals surface area contributed by atoms with Crippen molar-refractivity contribution in [2.75, 3.05) is 5.32 Å². The van der Waals surface area contributed by atoms with Crippen LogP contribution >= 0.6 is 23.7 Å². The number of fused-ring (bicyclic) bond motifs is 1. The number of benzene rings is 1. The van der Waals surface area contributed by atoms with Gasteiger partial charge in [-0.25, -0.2) is 4.98 Å². The molecule has 0 bridgehead atoms. The number of carbonyl (C=O) groups excluding carboxylic acids is 1. The molecular formula is C14H16ClN3OS. The Labute approximate surface area is 127 Å². The summed E-state index contributed by atoms with van der Waals surface area (Å²) in [6.45, 7) is 0. The molecule has 1 aromatic carbocycles. The number of aromatic nitrogens is 1. The van der Waals surface area contributed by atoms with Gasteiger partial charge in [-0.05, 0) is 31.4 Å². The van der Waals surface area contributed by atoms with Crippen molar-refractivity contribution >= 4 is 34.8 Å². The molecule has 6 heteroatoms. The number of rotatable bonds is 2. The highest BCUT2D eigenvalue weighted by Crippen LogP contribution is 2.29. The molecule has 1 atom stereocenters. The minimum atomic E-state index is -0.115. The number of halogens is 1. The molecule has 0 fully saturated rings. The molecule has 1 aliphatic rings. The molecule has 0 saturated heterocycles. The van der Waals surface area contributed by atoms with Gasteiger partial charge in [-0.3, -0.25) is 10.1 Å². The molecule has 1 aliphatic carbocycles. The fourth-order valence-corrected chi connectivity index (χ4v) is 3.31. The van der Waals surface area contributed by atoms with Crippen LogP contribution in [0.1, 0.15) is 27.3 Å². The maximum atomic E-state index is 12.0. The van der Waals surface area contributed by atoms with E-state index in [9.17, 15) is 4.79 Å². The fourth-order valence-electron chi connectivity index (χ4n) is 2.21. The Bertz CT molecular complexity index is 600. The largest absolute Gasteiger partial charge is 0.327 e. The van der Waals surface area contributed by atoms with Crippen LogP contribution in [0.15, 0.2) is 30.3 Å². The van der Waals surface area contributed by atoms with Gasteiger partial charge < -0.3 is 5.73 Å². The van der Waals surface area contributed by atoms with Gasteiger partial charge in [0.1, 0.15) is 0 Å². The van der Waals surface area contributed by atoms with Gasteiger partial charge in [-0.2, -0.15) is 0 Å². The molecule has 0 radical (unpaired) electrons. The van der Waals surface area contributed by atoms with Crippen LogP contribution in [-0.2, 0) is 12.8 Å². The lowest BCUT2D eigenvalue weighted by atomic mass is 9.99. The van der Waals surface area contributed by atoms with E-state index in [1.54, 1.807) is 12.1 Å². The molecule has 0 aliphatic heterocycles. The van der Waals surface area contributed by atoms with Crippen LogP contribution in [0.3, 0.4) is 0 Å². The summed E-state index contributed by atoms with van der Waals surface area (Å²) in [6.07, 6.45) is 2.76. The van der Waals surface area contributed by atoms with Crippen molar-refractivity contribution in [2.24, 2.45) is 5.73 Å². The Morgan fingerprint density at radius 2 is 2.10 bits per heavy atom. The first-order valence-corrected chi connectivity index (χ1v) is 7.14. The quantitative estimate of drug-likeness (QED) is 0.896. The molecule has 0 spiro atoms. The first kappa shape index (κ1) is 15.0. The Morgan fingerprint density at radius 1 is 1.35 bits per heavy atom. The van der Waals surface area contributed by atoms with E-state index in [-0.39, 0.29) is 24.4 Å². The molecule has 2 aromatic rings. The molecular weight excluding hydrogens is 294 g/mol. The monoisotopic (exact) mass is 309 g/mol. The fraction of sp³-hybridized carbons (Fsp3) is 0.286. The minimum absolute atomic E-state index is 0. The summed E-state index contributed by atoms with van der Waals surface area (Å²) in [6, 6.07) is 9.39. The van der Waals surface area contributed by atoms with Gasteiger partial charge in [0.2, 0.25) is 0 Å². The number of anilines is 1. The van der Waals surface area contributed by atoms with Crippen molar-refractivity contribution in [1.82, 2.24) is 4.98 Å². The summed E-state index contributed by atoms with van der Waals surface area (Å²) in [7, 11) is 0. The third-order valence-corrected chi connectivity index (χ3v) is 4.27. The SMILES string of the molecule is Cl.N[C@H]1CCc2nc(NC(=O)c3ccccc3)sc2C1. The maximum absolute atomic E-state index is 12.0. The number of amides is 1. The van der Waals surface area contributed by atoms with Crippen molar-refractivity contribution in [3.05, 3.63) is 46.5 Å². The predicted octanol–water partition coefficient (Wildman–Crippen LogP) is 2.63. The zero-order valence-corrected chi connectivity index (χ0v) is 12.5. The minimum Gasteiger partial charge on any atom is -0.327 e. The summed E-state index contributed by atoms with van der Waals surface area (Å²) in [4.78, 5) is 17.7. The number of hydrogen-bond acceptors (Lipinski definition) is 4. The van der Waals surface area contributed by atoms with E-state index >= 15 is 0 Å². The van der Waals surface area contributed by atoms with Gasteiger partial charge in [0, 0.05) is 16.5 Å². The van der Waals surface area contributed by atoms with E-state index in [1.165, 1.54) is 16.2 Å². The lowest BCUT2D eigenvalue weighted by Crippen LogP contribution is -2.27. The molecule has 20 heavy (non-hydrogen) atoms. The highest BCUT2D eigenvalue weighted by Gasteiger charge is 2.20. The van der Waals surface area contributed by atoms with E-state index in [0.29, 0.717) is 10.7 Å². The van der Waals surface area contributed by atoms with Crippen molar-refractivity contribution < 1.29 is 4.79 Å². The van der Waals surface area contributed by atoms with Crippen LogP contribution < -0.4 is 11.1 Å². The zero-order chi connectivity index (χ0) is 13.2. The van der Waals surface area contributed by atoms with Crippen molar-refractivity contribution in [3.8, 4) is 0 Å². The lowest BCUT2D eigenvalue weighted by Gasteiger charge is -2.15.